The summed E-state index contributed by atoms with van der Waals surface area (Å²) in [7, 11) is 0. The predicted octanol–water partition coefficient (Wildman–Crippen LogP) is 3.81. The summed E-state index contributed by atoms with van der Waals surface area (Å²) in [5.74, 6) is 0.966. The molecule has 1 saturated heterocycles. The number of hydrogen-bond donors (Lipinski definition) is 1. The van der Waals surface area contributed by atoms with Gasteiger partial charge in [-0.15, -0.1) is 0 Å². The molecule has 2 aliphatic rings. The summed E-state index contributed by atoms with van der Waals surface area (Å²) in [5, 5.41) is 3.68. The molecule has 1 N–H and O–H groups in total. The molecular formula is C17H34N2. The molecule has 0 aromatic carbocycles. The van der Waals surface area contributed by atoms with Crippen molar-refractivity contribution in [2.45, 2.75) is 90.3 Å². The minimum absolute atomic E-state index is 0.622. The van der Waals surface area contributed by atoms with Gasteiger partial charge < -0.3 is 5.32 Å². The Labute approximate surface area is 120 Å². The molecule has 2 rings (SSSR count). The Morgan fingerprint density at radius 2 is 1.79 bits per heavy atom. The number of hydrogen-bond acceptors (Lipinski definition) is 2. The number of rotatable bonds is 5. The van der Waals surface area contributed by atoms with E-state index in [9.17, 15) is 0 Å². The van der Waals surface area contributed by atoms with Crippen LogP contribution in [0.25, 0.3) is 0 Å². The second-order valence-corrected chi connectivity index (χ2v) is 6.97. The van der Waals surface area contributed by atoms with Gasteiger partial charge in [-0.05, 0) is 38.1 Å². The van der Waals surface area contributed by atoms with Crippen LogP contribution in [0.5, 0.6) is 0 Å². The third kappa shape index (κ3) is 4.19. The molecule has 1 aliphatic carbocycles. The molecule has 0 aromatic heterocycles. The first-order valence-electron chi connectivity index (χ1n) is 8.71. The average Bonchev–Trinajstić information content (AvgIpc) is 2.45. The fourth-order valence-electron chi connectivity index (χ4n) is 4.15. The van der Waals surface area contributed by atoms with E-state index in [1.165, 1.54) is 64.5 Å². The standard InChI is InChI=1S/C17H34N2/c1-4-15-9-5-6-11-17(15)19-12-8-7-10-16(19)13-18-14(2)3/h14-18H,4-13H2,1-3H3. The van der Waals surface area contributed by atoms with E-state index in [-0.39, 0.29) is 0 Å². The van der Waals surface area contributed by atoms with Crippen molar-refractivity contribution in [2.75, 3.05) is 13.1 Å². The van der Waals surface area contributed by atoms with Crippen LogP contribution in [0.1, 0.15) is 72.1 Å². The third-order valence-electron chi connectivity index (χ3n) is 5.25. The zero-order chi connectivity index (χ0) is 13.7. The van der Waals surface area contributed by atoms with Crippen LogP contribution in [0.15, 0.2) is 0 Å². The van der Waals surface area contributed by atoms with Crippen molar-refractivity contribution in [3.05, 3.63) is 0 Å². The molecule has 1 heterocycles. The molecule has 2 nitrogen and oxygen atoms in total. The van der Waals surface area contributed by atoms with Crippen LogP contribution < -0.4 is 5.32 Å². The minimum Gasteiger partial charge on any atom is -0.313 e. The van der Waals surface area contributed by atoms with E-state index in [0.717, 1.165) is 18.0 Å². The van der Waals surface area contributed by atoms with Gasteiger partial charge in [0, 0.05) is 24.7 Å². The molecule has 19 heavy (non-hydrogen) atoms. The summed E-state index contributed by atoms with van der Waals surface area (Å²) in [6.07, 6.45) is 11.5. The Morgan fingerprint density at radius 1 is 1.05 bits per heavy atom. The maximum absolute atomic E-state index is 3.68. The number of likely N-dealkylation sites (tertiary alicyclic amines) is 1. The molecule has 1 aliphatic heterocycles. The van der Waals surface area contributed by atoms with Gasteiger partial charge in [-0.1, -0.05) is 46.5 Å². The highest BCUT2D eigenvalue weighted by Gasteiger charge is 2.34. The highest BCUT2D eigenvalue weighted by molar-refractivity contribution is 4.89. The monoisotopic (exact) mass is 266 g/mol. The normalized spacial score (nSPS) is 33.8. The lowest BCUT2D eigenvalue weighted by molar-refractivity contribution is 0.0364. The summed E-state index contributed by atoms with van der Waals surface area (Å²) in [4.78, 5) is 2.90. The smallest absolute Gasteiger partial charge is 0.0223 e. The van der Waals surface area contributed by atoms with E-state index in [2.05, 4.69) is 31.0 Å². The lowest BCUT2D eigenvalue weighted by Crippen LogP contribution is -2.54. The fourth-order valence-corrected chi connectivity index (χ4v) is 4.15. The maximum Gasteiger partial charge on any atom is 0.0223 e. The Balaban J connectivity index is 1.96. The number of nitrogens with one attached hydrogen (secondary N) is 1. The summed E-state index contributed by atoms with van der Waals surface area (Å²) in [6.45, 7) is 9.48. The zero-order valence-corrected chi connectivity index (χ0v) is 13.3. The zero-order valence-electron chi connectivity index (χ0n) is 13.3. The topological polar surface area (TPSA) is 15.3 Å². The van der Waals surface area contributed by atoms with Crippen LogP contribution in [0.3, 0.4) is 0 Å². The first-order valence-corrected chi connectivity index (χ1v) is 8.71. The summed E-state index contributed by atoms with van der Waals surface area (Å²) in [6, 6.07) is 2.31. The largest absolute Gasteiger partial charge is 0.313 e. The van der Waals surface area contributed by atoms with Gasteiger partial charge in [0.15, 0.2) is 0 Å². The Morgan fingerprint density at radius 3 is 2.53 bits per heavy atom. The van der Waals surface area contributed by atoms with Crippen LogP contribution in [0, 0.1) is 5.92 Å². The molecule has 0 aromatic rings. The van der Waals surface area contributed by atoms with E-state index in [0.29, 0.717) is 6.04 Å². The van der Waals surface area contributed by atoms with Gasteiger partial charge >= 0.3 is 0 Å². The number of nitrogens with zero attached hydrogens (tertiary/aromatic N) is 1. The predicted molar refractivity (Wildman–Crippen MR) is 83.5 cm³/mol. The van der Waals surface area contributed by atoms with Gasteiger partial charge in [0.25, 0.3) is 0 Å². The van der Waals surface area contributed by atoms with E-state index in [4.69, 9.17) is 0 Å². The van der Waals surface area contributed by atoms with Crippen molar-refractivity contribution >= 4 is 0 Å². The first kappa shape index (κ1) is 15.3. The third-order valence-corrected chi connectivity index (χ3v) is 5.25. The Hall–Kier alpha value is -0.0800. The Bertz CT molecular complexity index is 252. The molecule has 0 radical (unpaired) electrons. The van der Waals surface area contributed by atoms with E-state index in [1.807, 2.05) is 0 Å². The van der Waals surface area contributed by atoms with Gasteiger partial charge in [0.1, 0.15) is 0 Å². The minimum atomic E-state index is 0.622. The van der Waals surface area contributed by atoms with E-state index >= 15 is 0 Å². The molecule has 3 atom stereocenters. The van der Waals surface area contributed by atoms with Crippen molar-refractivity contribution in [1.82, 2.24) is 10.2 Å². The van der Waals surface area contributed by atoms with Crippen molar-refractivity contribution in [1.29, 1.82) is 0 Å². The van der Waals surface area contributed by atoms with Crippen LogP contribution >= 0.6 is 0 Å². The van der Waals surface area contributed by atoms with Crippen molar-refractivity contribution in [3.63, 3.8) is 0 Å². The molecular weight excluding hydrogens is 232 g/mol. The van der Waals surface area contributed by atoms with Gasteiger partial charge in [-0.25, -0.2) is 0 Å². The van der Waals surface area contributed by atoms with E-state index in [1.54, 1.807) is 0 Å². The van der Waals surface area contributed by atoms with Crippen LogP contribution in [0.2, 0.25) is 0 Å². The quantitative estimate of drug-likeness (QED) is 0.814. The summed E-state index contributed by atoms with van der Waals surface area (Å²) in [5.41, 5.74) is 0. The Kier molecular flexibility index (Phi) is 6.15. The lowest BCUT2D eigenvalue weighted by Gasteiger charge is -2.46. The van der Waals surface area contributed by atoms with Crippen molar-refractivity contribution in [3.8, 4) is 0 Å². The average molecular weight is 266 g/mol. The van der Waals surface area contributed by atoms with E-state index < -0.39 is 0 Å². The molecule has 0 bridgehead atoms. The molecule has 2 fully saturated rings. The first-order chi connectivity index (χ1) is 9.22. The summed E-state index contributed by atoms with van der Waals surface area (Å²) >= 11 is 0. The van der Waals surface area contributed by atoms with Gasteiger partial charge in [0.2, 0.25) is 0 Å². The number of piperidine rings is 1. The van der Waals surface area contributed by atoms with Crippen molar-refractivity contribution < 1.29 is 0 Å². The molecule has 0 spiro atoms. The molecule has 0 amide bonds. The van der Waals surface area contributed by atoms with Crippen LogP contribution in [-0.2, 0) is 0 Å². The molecule has 112 valence electrons. The maximum atomic E-state index is 3.68. The fraction of sp³-hybridized carbons (Fsp3) is 1.00. The van der Waals surface area contributed by atoms with Crippen molar-refractivity contribution in [2.24, 2.45) is 5.92 Å². The van der Waals surface area contributed by atoms with Gasteiger partial charge in [-0.2, -0.15) is 0 Å². The second kappa shape index (κ2) is 7.64. The lowest BCUT2D eigenvalue weighted by atomic mass is 9.80. The van der Waals surface area contributed by atoms with Gasteiger partial charge in [0.05, 0.1) is 0 Å². The highest BCUT2D eigenvalue weighted by atomic mass is 15.2. The molecule has 1 saturated carbocycles. The summed E-state index contributed by atoms with van der Waals surface area (Å²) < 4.78 is 0. The van der Waals surface area contributed by atoms with Crippen LogP contribution in [-0.4, -0.2) is 36.1 Å². The molecule has 3 unspecified atom stereocenters. The second-order valence-electron chi connectivity index (χ2n) is 6.97. The highest BCUT2D eigenvalue weighted by Crippen LogP contribution is 2.34. The van der Waals surface area contributed by atoms with Gasteiger partial charge in [-0.3, -0.25) is 4.90 Å². The SMILES string of the molecule is CCC1CCCCC1N1CCCCC1CNC(C)C. The van der Waals surface area contributed by atoms with Crippen LogP contribution in [0.4, 0.5) is 0 Å². The molecule has 2 heteroatoms.